The molecule has 1 fully saturated rings. The van der Waals surface area contributed by atoms with Gasteiger partial charge in [-0.1, -0.05) is 12.1 Å². The monoisotopic (exact) mass is 250 g/mol. The van der Waals surface area contributed by atoms with Crippen molar-refractivity contribution in [2.75, 3.05) is 26.2 Å². The van der Waals surface area contributed by atoms with E-state index in [4.69, 9.17) is 0 Å². The number of rotatable bonds is 3. The highest BCUT2D eigenvalue weighted by atomic mass is 19.1. The number of nitrogens with zero attached hydrogens (tertiary/aromatic N) is 2. The van der Waals surface area contributed by atoms with Crippen LogP contribution in [0.2, 0.25) is 0 Å². The smallest absolute Gasteiger partial charge is 0.123 e. The van der Waals surface area contributed by atoms with Crippen LogP contribution < -0.4 is 0 Å². The van der Waals surface area contributed by atoms with Crippen molar-refractivity contribution >= 4 is 0 Å². The fraction of sp³-hybridized carbons (Fsp3) is 0.600. The van der Waals surface area contributed by atoms with Gasteiger partial charge >= 0.3 is 0 Å². The van der Waals surface area contributed by atoms with Crippen LogP contribution in [0.15, 0.2) is 24.3 Å². The standard InChI is InChI=1S/C15H23FN2/c1-12(2)17-8-10-18(11-9-17)13(3)14-4-6-15(16)7-5-14/h4-7,12-13H,8-11H2,1-3H3. The van der Waals surface area contributed by atoms with E-state index in [2.05, 4.69) is 30.6 Å². The van der Waals surface area contributed by atoms with Crippen molar-refractivity contribution < 1.29 is 4.39 Å². The molecule has 1 unspecified atom stereocenters. The molecule has 0 aromatic heterocycles. The van der Waals surface area contributed by atoms with E-state index in [9.17, 15) is 4.39 Å². The predicted molar refractivity (Wildman–Crippen MR) is 73.1 cm³/mol. The second-order valence-electron chi connectivity index (χ2n) is 5.39. The molecule has 0 aliphatic carbocycles. The second-order valence-corrected chi connectivity index (χ2v) is 5.39. The Morgan fingerprint density at radius 3 is 1.89 bits per heavy atom. The molecule has 0 spiro atoms. The van der Waals surface area contributed by atoms with Gasteiger partial charge in [0, 0.05) is 38.3 Å². The molecule has 100 valence electrons. The van der Waals surface area contributed by atoms with Gasteiger partial charge < -0.3 is 0 Å². The summed E-state index contributed by atoms with van der Waals surface area (Å²) in [4.78, 5) is 4.99. The molecule has 1 saturated heterocycles. The number of piperazine rings is 1. The van der Waals surface area contributed by atoms with Crippen molar-refractivity contribution in [3.8, 4) is 0 Å². The fourth-order valence-electron chi connectivity index (χ4n) is 2.59. The van der Waals surface area contributed by atoms with Crippen molar-refractivity contribution in [3.05, 3.63) is 35.6 Å². The lowest BCUT2D eigenvalue weighted by Gasteiger charge is -2.39. The van der Waals surface area contributed by atoms with Crippen molar-refractivity contribution in [3.63, 3.8) is 0 Å². The molecule has 0 saturated carbocycles. The molecule has 18 heavy (non-hydrogen) atoms. The number of hydrogen-bond donors (Lipinski definition) is 0. The summed E-state index contributed by atoms with van der Waals surface area (Å²) < 4.78 is 12.9. The van der Waals surface area contributed by atoms with Gasteiger partial charge in [0.05, 0.1) is 0 Å². The second kappa shape index (κ2) is 5.81. The van der Waals surface area contributed by atoms with Crippen LogP contribution in [-0.2, 0) is 0 Å². The normalized spacial score (nSPS) is 20.3. The average Bonchev–Trinajstić information content (AvgIpc) is 2.39. The van der Waals surface area contributed by atoms with Gasteiger partial charge in [-0.2, -0.15) is 0 Å². The molecule has 0 radical (unpaired) electrons. The maximum atomic E-state index is 12.9. The van der Waals surface area contributed by atoms with E-state index in [0.29, 0.717) is 12.1 Å². The van der Waals surface area contributed by atoms with E-state index < -0.39 is 0 Å². The van der Waals surface area contributed by atoms with E-state index in [1.54, 1.807) is 12.1 Å². The van der Waals surface area contributed by atoms with E-state index >= 15 is 0 Å². The maximum absolute atomic E-state index is 12.9. The van der Waals surface area contributed by atoms with Gasteiger partial charge in [0.1, 0.15) is 5.82 Å². The van der Waals surface area contributed by atoms with Crippen LogP contribution in [0.1, 0.15) is 32.4 Å². The van der Waals surface area contributed by atoms with Crippen molar-refractivity contribution in [2.45, 2.75) is 32.9 Å². The first-order valence-electron chi connectivity index (χ1n) is 6.81. The highest BCUT2D eigenvalue weighted by Crippen LogP contribution is 2.22. The third-order valence-corrected chi connectivity index (χ3v) is 3.98. The van der Waals surface area contributed by atoms with Crippen LogP contribution in [0.5, 0.6) is 0 Å². The van der Waals surface area contributed by atoms with Gasteiger partial charge in [-0.15, -0.1) is 0 Å². The molecule has 1 aliphatic heterocycles. The Labute approximate surface area is 109 Å². The molecule has 0 amide bonds. The summed E-state index contributed by atoms with van der Waals surface area (Å²) in [6.45, 7) is 11.1. The van der Waals surface area contributed by atoms with Gasteiger partial charge in [-0.05, 0) is 38.5 Å². The van der Waals surface area contributed by atoms with Gasteiger partial charge in [0.25, 0.3) is 0 Å². The minimum atomic E-state index is -0.157. The summed E-state index contributed by atoms with van der Waals surface area (Å²) in [5.41, 5.74) is 1.20. The minimum absolute atomic E-state index is 0.157. The van der Waals surface area contributed by atoms with E-state index in [1.807, 2.05) is 12.1 Å². The third kappa shape index (κ3) is 3.09. The van der Waals surface area contributed by atoms with Crippen molar-refractivity contribution in [1.29, 1.82) is 0 Å². The zero-order chi connectivity index (χ0) is 13.1. The Balaban J connectivity index is 1.95. The molecular weight excluding hydrogens is 227 g/mol. The van der Waals surface area contributed by atoms with E-state index in [1.165, 1.54) is 5.56 Å². The van der Waals surface area contributed by atoms with Crippen LogP contribution in [0.25, 0.3) is 0 Å². The van der Waals surface area contributed by atoms with Crippen LogP contribution in [-0.4, -0.2) is 42.0 Å². The lowest BCUT2D eigenvalue weighted by molar-refractivity contribution is 0.0833. The van der Waals surface area contributed by atoms with Gasteiger partial charge in [0.2, 0.25) is 0 Å². The van der Waals surface area contributed by atoms with Gasteiger partial charge in [-0.3, -0.25) is 9.80 Å². The maximum Gasteiger partial charge on any atom is 0.123 e. The Kier molecular flexibility index (Phi) is 4.36. The lowest BCUT2D eigenvalue weighted by Crippen LogP contribution is -2.49. The molecule has 1 atom stereocenters. The number of benzene rings is 1. The highest BCUT2D eigenvalue weighted by molar-refractivity contribution is 5.19. The number of halogens is 1. The van der Waals surface area contributed by atoms with Gasteiger partial charge in [0.15, 0.2) is 0 Å². The lowest BCUT2D eigenvalue weighted by atomic mass is 10.1. The summed E-state index contributed by atoms with van der Waals surface area (Å²) in [6, 6.07) is 7.91. The minimum Gasteiger partial charge on any atom is -0.298 e. The Morgan fingerprint density at radius 2 is 1.39 bits per heavy atom. The molecule has 2 nitrogen and oxygen atoms in total. The molecule has 1 aliphatic rings. The topological polar surface area (TPSA) is 6.48 Å². The Morgan fingerprint density at radius 1 is 0.889 bits per heavy atom. The molecule has 1 aromatic carbocycles. The Hall–Kier alpha value is -0.930. The molecular formula is C15H23FN2. The summed E-state index contributed by atoms with van der Waals surface area (Å²) in [5, 5.41) is 0. The molecule has 0 bridgehead atoms. The van der Waals surface area contributed by atoms with Crippen LogP contribution in [0.3, 0.4) is 0 Å². The zero-order valence-corrected chi connectivity index (χ0v) is 11.6. The largest absolute Gasteiger partial charge is 0.298 e. The van der Waals surface area contributed by atoms with Crippen LogP contribution in [0.4, 0.5) is 4.39 Å². The summed E-state index contributed by atoms with van der Waals surface area (Å²) in [6.07, 6.45) is 0. The number of hydrogen-bond acceptors (Lipinski definition) is 2. The molecule has 0 N–H and O–H groups in total. The first-order chi connectivity index (χ1) is 8.58. The molecule has 1 aromatic rings. The summed E-state index contributed by atoms with van der Waals surface area (Å²) in [7, 11) is 0. The van der Waals surface area contributed by atoms with E-state index in [0.717, 1.165) is 26.2 Å². The quantitative estimate of drug-likeness (QED) is 0.814. The SMILES string of the molecule is CC(C)N1CCN(C(C)c2ccc(F)cc2)CC1. The first kappa shape index (κ1) is 13.5. The fourth-order valence-corrected chi connectivity index (χ4v) is 2.59. The summed E-state index contributed by atoms with van der Waals surface area (Å²) >= 11 is 0. The van der Waals surface area contributed by atoms with Crippen LogP contribution in [0, 0.1) is 5.82 Å². The highest BCUT2D eigenvalue weighted by Gasteiger charge is 2.22. The van der Waals surface area contributed by atoms with Crippen LogP contribution >= 0.6 is 0 Å². The molecule has 1 heterocycles. The van der Waals surface area contributed by atoms with Gasteiger partial charge in [-0.25, -0.2) is 4.39 Å². The van der Waals surface area contributed by atoms with Crippen molar-refractivity contribution in [2.24, 2.45) is 0 Å². The predicted octanol–water partition coefficient (Wildman–Crippen LogP) is 2.91. The van der Waals surface area contributed by atoms with E-state index in [-0.39, 0.29) is 5.82 Å². The zero-order valence-electron chi connectivity index (χ0n) is 11.6. The molecule has 3 heteroatoms. The average molecular weight is 250 g/mol. The third-order valence-electron chi connectivity index (χ3n) is 3.98. The Bertz CT molecular complexity index is 367. The molecule has 2 rings (SSSR count). The first-order valence-corrected chi connectivity index (χ1v) is 6.81. The van der Waals surface area contributed by atoms with Crippen molar-refractivity contribution in [1.82, 2.24) is 9.80 Å². The summed E-state index contributed by atoms with van der Waals surface area (Å²) in [5.74, 6) is -0.157.